The molecule has 0 unspecified atom stereocenters. The average Bonchev–Trinajstić information content (AvgIpc) is 2.45. The maximum atomic E-state index is 12.5. The van der Waals surface area contributed by atoms with Gasteiger partial charge in [-0.05, 0) is 49.2 Å². The van der Waals surface area contributed by atoms with Crippen LogP contribution in [0.2, 0.25) is 0 Å². The number of ether oxygens (including phenoxy) is 1. The number of hydrogen-bond acceptors (Lipinski definition) is 3. The Hall–Kier alpha value is -2.29. The van der Waals surface area contributed by atoms with Gasteiger partial charge in [0.1, 0.15) is 5.75 Å². The van der Waals surface area contributed by atoms with Crippen molar-refractivity contribution in [3.8, 4) is 5.75 Å². The first-order valence-electron chi connectivity index (χ1n) is 6.75. The minimum Gasteiger partial charge on any atom is -0.494 e. The van der Waals surface area contributed by atoms with Crippen LogP contribution < -0.4 is 10.5 Å². The Bertz CT molecular complexity index is 620. The van der Waals surface area contributed by atoms with Gasteiger partial charge in [-0.1, -0.05) is 19.1 Å². The smallest absolute Gasteiger partial charge is 0.193 e. The molecule has 104 valence electrons. The van der Waals surface area contributed by atoms with E-state index in [4.69, 9.17) is 10.5 Å². The quantitative estimate of drug-likeness (QED) is 0.666. The fraction of sp³-hybridized carbons (Fsp3) is 0.235. The Labute approximate surface area is 119 Å². The first-order valence-corrected chi connectivity index (χ1v) is 6.75. The van der Waals surface area contributed by atoms with Gasteiger partial charge < -0.3 is 10.5 Å². The minimum atomic E-state index is -0.00977. The van der Waals surface area contributed by atoms with Crippen molar-refractivity contribution in [1.82, 2.24) is 0 Å². The number of nitrogens with two attached hydrogens (primary N) is 1. The fourth-order valence-electron chi connectivity index (χ4n) is 2.04. The number of nitrogen functional groups attached to an aromatic ring is 1. The van der Waals surface area contributed by atoms with E-state index in [1.165, 1.54) is 0 Å². The second-order valence-corrected chi connectivity index (χ2v) is 4.78. The summed E-state index contributed by atoms with van der Waals surface area (Å²) < 4.78 is 5.56. The van der Waals surface area contributed by atoms with Gasteiger partial charge in [0, 0.05) is 16.8 Å². The first kappa shape index (κ1) is 14.1. The summed E-state index contributed by atoms with van der Waals surface area (Å²) in [4.78, 5) is 12.5. The molecule has 2 N–H and O–H groups in total. The topological polar surface area (TPSA) is 52.3 Å². The maximum absolute atomic E-state index is 12.5. The van der Waals surface area contributed by atoms with E-state index in [1.54, 1.807) is 24.3 Å². The van der Waals surface area contributed by atoms with E-state index in [9.17, 15) is 4.79 Å². The lowest BCUT2D eigenvalue weighted by Crippen LogP contribution is -2.05. The maximum Gasteiger partial charge on any atom is 0.193 e. The molecule has 0 aromatic heterocycles. The van der Waals surface area contributed by atoms with E-state index in [1.807, 2.05) is 32.0 Å². The van der Waals surface area contributed by atoms with Crippen LogP contribution in [0.1, 0.15) is 34.8 Å². The minimum absolute atomic E-state index is 0.00977. The second-order valence-electron chi connectivity index (χ2n) is 4.78. The van der Waals surface area contributed by atoms with Crippen molar-refractivity contribution in [2.24, 2.45) is 0 Å². The summed E-state index contributed by atoms with van der Waals surface area (Å²) in [6.45, 7) is 4.59. The lowest BCUT2D eigenvalue weighted by Gasteiger charge is -2.08. The van der Waals surface area contributed by atoms with E-state index in [0.717, 1.165) is 17.7 Å². The number of carbonyl (C=O) groups is 1. The van der Waals surface area contributed by atoms with E-state index in [-0.39, 0.29) is 5.78 Å². The number of hydrogen-bond donors (Lipinski definition) is 1. The molecule has 3 heteroatoms. The molecule has 0 bridgehead atoms. The van der Waals surface area contributed by atoms with Crippen molar-refractivity contribution in [3.63, 3.8) is 0 Å². The van der Waals surface area contributed by atoms with Crippen LogP contribution in [0.4, 0.5) is 5.69 Å². The van der Waals surface area contributed by atoms with Gasteiger partial charge in [0.15, 0.2) is 5.78 Å². The van der Waals surface area contributed by atoms with Crippen molar-refractivity contribution in [3.05, 3.63) is 59.2 Å². The standard InChI is InChI=1S/C17H19NO2/c1-3-9-20-15-6-4-5-13(11-15)17(19)16-8-7-14(18)10-12(16)2/h4-8,10-11H,3,9,18H2,1-2H3. The largest absolute Gasteiger partial charge is 0.494 e. The summed E-state index contributed by atoms with van der Waals surface area (Å²) in [5, 5.41) is 0. The predicted octanol–water partition coefficient (Wildman–Crippen LogP) is 3.60. The zero-order valence-corrected chi connectivity index (χ0v) is 11.8. The lowest BCUT2D eigenvalue weighted by atomic mass is 9.98. The van der Waals surface area contributed by atoms with Crippen LogP contribution in [0.3, 0.4) is 0 Å². The summed E-state index contributed by atoms with van der Waals surface area (Å²) in [5.74, 6) is 0.718. The Morgan fingerprint density at radius 3 is 2.70 bits per heavy atom. The highest BCUT2D eigenvalue weighted by atomic mass is 16.5. The van der Waals surface area contributed by atoms with Crippen LogP contribution >= 0.6 is 0 Å². The van der Waals surface area contributed by atoms with Crippen LogP contribution in [0.5, 0.6) is 5.75 Å². The van der Waals surface area contributed by atoms with Crippen molar-refractivity contribution in [2.75, 3.05) is 12.3 Å². The molecular formula is C17H19NO2. The van der Waals surface area contributed by atoms with Gasteiger partial charge in [0.25, 0.3) is 0 Å². The molecule has 0 heterocycles. The molecule has 2 aromatic carbocycles. The number of benzene rings is 2. The molecule has 20 heavy (non-hydrogen) atoms. The number of carbonyl (C=O) groups excluding carboxylic acids is 1. The SMILES string of the molecule is CCCOc1cccc(C(=O)c2ccc(N)cc2C)c1. The first-order chi connectivity index (χ1) is 9.61. The normalized spacial score (nSPS) is 10.3. The van der Waals surface area contributed by atoms with Gasteiger partial charge in [-0.15, -0.1) is 0 Å². The number of rotatable bonds is 5. The van der Waals surface area contributed by atoms with Gasteiger partial charge >= 0.3 is 0 Å². The van der Waals surface area contributed by atoms with Crippen molar-refractivity contribution >= 4 is 11.5 Å². The number of aryl methyl sites for hydroxylation is 1. The fourth-order valence-corrected chi connectivity index (χ4v) is 2.04. The highest BCUT2D eigenvalue weighted by Crippen LogP contribution is 2.20. The molecular weight excluding hydrogens is 250 g/mol. The van der Waals surface area contributed by atoms with Gasteiger partial charge in [0.2, 0.25) is 0 Å². The van der Waals surface area contributed by atoms with Crippen molar-refractivity contribution in [2.45, 2.75) is 20.3 Å². The monoisotopic (exact) mass is 269 g/mol. The third-order valence-electron chi connectivity index (χ3n) is 3.06. The summed E-state index contributed by atoms with van der Waals surface area (Å²) >= 11 is 0. The highest BCUT2D eigenvalue weighted by Gasteiger charge is 2.12. The third kappa shape index (κ3) is 3.18. The molecule has 0 radical (unpaired) electrons. The highest BCUT2D eigenvalue weighted by molar-refractivity contribution is 6.10. The molecule has 0 atom stereocenters. The van der Waals surface area contributed by atoms with Gasteiger partial charge in [-0.25, -0.2) is 0 Å². The molecule has 0 aliphatic heterocycles. The molecule has 0 saturated carbocycles. The van der Waals surface area contributed by atoms with E-state index >= 15 is 0 Å². The Morgan fingerprint density at radius 1 is 1.20 bits per heavy atom. The number of anilines is 1. The lowest BCUT2D eigenvalue weighted by molar-refractivity contribution is 0.103. The molecule has 0 saturated heterocycles. The van der Waals surface area contributed by atoms with E-state index in [0.29, 0.717) is 23.4 Å². The molecule has 3 nitrogen and oxygen atoms in total. The second kappa shape index (κ2) is 6.24. The van der Waals surface area contributed by atoms with Crippen LogP contribution in [0.15, 0.2) is 42.5 Å². The summed E-state index contributed by atoms with van der Waals surface area (Å²) in [5.41, 5.74) is 8.57. The molecule has 0 aliphatic carbocycles. The van der Waals surface area contributed by atoms with Crippen LogP contribution in [0, 0.1) is 6.92 Å². The van der Waals surface area contributed by atoms with Crippen LogP contribution in [-0.2, 0) is 0 Å². The molecule has 0 fully saturated rings. The summed E-state index contributed by atoms with van der Waals surface area (Å²) in [7, 11) is 0. The number of ketones is 1. The Balaban J connectivity index is 2.28. The molecule has 0 amide bonds. The average molecular weight is 269 g/mol. The molecule has 2 aromatic rings. The van der Waals surface area contributed by atoms with Crippen LogP contribution in [0.25, 0.3) is 0 Å². The van der Waals surface area contributed by atoms with Gasteiger partial charge in [-0.2, -0.15) is 0 Å². The van der Waals surface area contributed by atoms with E-state index < -0.39 is 0 Å². The van der Waals surface area contributed by atoms with Crippen molar-refractivity contribution in [1.29, 1.82) is 0 Å². The Morgan fingerprint density at radius 2 is 2.00 bits per heavy atom. The van der Waals surface area contributed by atoms with Crippen LogP contribution in [-0.4, -0.2) is 12.4 Å². The zero-order valence-electron chi connectivity index (χ0n) is 11.8. The third-order valence-corrected chi connectivity index (χ3v) is 3.06. The summed E-state index contributed by atoms with van der Waals surface area (Å²) in [6.07, 6.45) is 0.940. The molecule has 2 rings (SSSR count). The van der Waals surface area contributed by atoms with Gasteiger partial charge in [0.05, 0.1) is 6.61 Å². The summed E-state index contributed by atoms with van der Waals surface area (Å²) in [6, 6.07) is 12.6. The molecule has 0 aliphatic rings. The zero-order chi connectivity index (χ0) is 14.5. The molecule has 0 spiro atoms. The Kier molecular flexibility index (Phi) is 4.41. The van der Waals surface area contributed by atoms with E-state index in [2.05, 4.69) is 0 Å². The van der Waals surface area contributed by atoms with Gasteiger partial charge in [-0.3, -0.25) is 4.79 Å². The predicted molar refractivity (Wildman–Crippen MR) is 81.3 cm³/mol. The van der Waals surface area contributed by atoms with Crippen molar-refractivity contribution < 1.29 is 9.53 Å².